The predicted molar refractivity (Wildman–Crippen MR) is 144 cm³/mol. The number of carbonyl (C=O) groups is 3. The fourth-order valence-electron chi connectivity index (χ4n) is 5.11. The molecule has 0 bridgehead atoms. The second kappa shape index (κ2) is 14.1. The van der Waals surface area contributed by atoms with Gasteiger partial charge in [0.05, 0.1) is 12.3 Å². The van der Waals surface area contributed by atoms with Gasteiger partial charge < -0.3 is 9.84 Å². The van der Waals surface area contributed by atoms with E-state index < -0.39 is 18.2 Å². The molecule has 1 saturated heterocycles. The summed E-state index contributed by atoms with van der Waals surface area (Å²) in [5.41, 5.74) is 8.40. The Bertz CT molecular complexity index is 1180. The van der Waals surface area contributed by atoms with Gasteiger partial charge in [0.25, 0.3) is 5.91 Å². The first-order chi connectivity index (χ1) is 19.2. The maximum atomic E-state index is 12.6. The zero-order chi connectivity index (χ0) is 30.3. The van der Waals surface area contributed by atoms with Crippen LogP contribution in [-0.2, 0) is 32.6 Å². The molecule has 1 aromatic heterocycles. The number of hydrogen-bond donors (Lipinski definition) is 3. The highest BCUT2D eigenvalue weighted by Gasteiger charge is 2.39. The van der Waals surface area contributed by atoms with Gasteiger partial charge in [-0.2, -0.15) is 18.3 Å². The average Bonchev–Trinajstić information content (AvgIpc) is 3.26. The monoisotopic (exact) mass is 601 g/mol. The van der Waals surface area contributed by atoms with Crippen molar-refractivity contribution in [3.63, 3.8) is 0 Å². The second-order valence-electron chi connectivity index (χ2n) is 10.3. The van der Waals surface area contributed by atoms with E-state index in [9.17, 15) is 22.8 Å². The molecule has 0 unspecified atom stereocenters. The maximum absolute atomic E-state index is 12.6. The van der Waals surface area contributed by atoms with Crippen LogP contribution in [0.15, 0.2) is 30.3 Å². The number of carboxylic acids is 1. The molecule has 2 atom stereocenters. The Hall–Kier alpha value is -3.16. The fraction of sp³-hybridized carbons (Fsp3) is 0.556. The Kier molecular flexibility index (Phi) is 11.2. The van der Waals surface area contributed by atoms with E-state index in [0.29, 0.717) is 25.1 Å². The van der Waals surface area contributed by atoms with Crippen molar-refractivity contribution in [1.82, 2.24) is 25.5 Å². The standard InChI is InChI=1S/C25H34ClN5O3.C2HF3O2/c1-16-12-23(29-30(16)3)19-6-10-21(11-7-19)31-14-24(25(33)28-27-17(2)32)34-15-22(31)13-18-4-8-20(26)9-5-18;3-2(4,5)1(6)7/h4-5,8-9,12,19,21-22,24H,6-7,10-11,13-15H2,1-3H3,(H,27,32)(H,28,33);(H,6,7)/t19?,21?,22-,24+;/m0./s1. The van der Waals surface area contributed by atoms with Crippen LogP contribution in [0.5, 0.6) is 0 Å². The largest absolute Gasteiger partial charge is 0.490 e. The van der Waals surface area contributed by atoms with Gasteiger partial charge in [0.1, 0.15) is 0 Å². The quantitative estimate of drug-likeness (QED) is 0.448. The van der Waals surface area contributed by atoms with E-state index >= 15 is 0 Å². The number of ether oxygens (including phenoxy) is 1. The van der Waals surface area contributed by atoms with Crippen molar-refractivity contribution in [2.75, 3.05) is 13.2 Å². The van der Waals surface area contributed by atoms with Gasteiger partial charge in [-0.3, -0.25) is 30.0 Å². The fourth-order valence-corrected chi connectivity index (χ4v) is 5.24. The van der Waals surface area contributed by atoms with Gasteiger partial charge in [-0.15, -0.1) is 0 Å². The number of aromatic nitrogens is 2. The number of aliphatic carboxylic acids is 1. The van der Waals surface area contributed by atoms with E-state index in [4.69, 9.17) is 31.3 Å². The number of hydrogen-bond acceptors (Lipinski definition) is 6. The van der Waals surface area contributed by atoms with E-state index in [1.54, 1.807) is 0 Å². The molecule has 2 heterocycles. The lowest BCUT2D eigenvalue weighted by Crippen LogP contribution is -2.59. The van der Waals surface area contributed by atoms with Gasteiger partial charge in [0, 0.05) is 49.2 Å². The van der Waals surface area contributed by atoms with E-state index in [1.165, 1.54) is 23.9 Å². The highest BCUT2D eigenvalue weighted by Crippen LogP contribution is 2.36. The Morgan fingerprint density at radius 2 is 1.73 bits per heavy atom. The molecule has 1 saturated carbocycles. The number of rotatable bonds is 5. The summed E-state index contributed by atoms with van der Waals surface area (Å²) in [6.07, 6.45) is -0.612. The van der Waals surface area contributed by atoms with Crippen LogP contribution >= 0.6 is 11.6 Å². The molecule has 226 valence electrons. The van der Waals surface area contributed by atoms with Crippen LogP contribution < -0.4 is 10.9 Å². The van der Waals surface area contributed by atoms with Crippen LogP contribution in [-0.4, -0.2) is 75.1 Å². The van der Waals surface area contributed by atoms with Gasteiger partial charge in [-0.25, -0.2) is 4.79 Å². The molecular formula is C27H35ClF3N5O5. The molecule has 2 aromatic rings. The van der Waals surface area contributed by atoms with Gasteiger partial charge in [0.15, 0.2) is 6.10 Å². The zero-order valence-electron chi connectivity index (χ0n) is 23.1. The second-order valence-corrected chi connectivity index (χ2v) is 10.8. The number of nitrogens with one attached hydrogen (secondary N) is 2. The number of halogens is 4. The van der Waals surface area contributed by atoms with Crippen molar-refractivity contribution < 1.29 is 37.4 Å². The van der Waals surface area contributed by atoms with Crippen LogP contribution in [0, 0.1) is 6.92 Å². The molecule has 3 N–H and O–H groups in total. The molecule has 10 nitrogen and oxygen atoms in total. The molecule has 2 aliphatic rings. The Labute approximate surface area is 241 Å². The van der Waals surface area contributed by atoms with E-state index in [2.05, 4.69) is 40.9 Å². The maximum Gasteiger partial charge on any atom is 0.490 e. The number of benzene rings is 1. The van der Waals surface area contributed by atoms with Crippen molar-refractivity contribution in [3.05, 3.63) is 52.3 Å². The smallest absolute Gasteiger partial charge is 0.475 e. The zero-order valence-corrected chi connectivity index (χ0v) is 23.8. The van der Waals surface area contributed by atoms with Crippen LogP contribution in [0.4, 0.5) is 13.2 Å². The highest BCUT2D eigenvalue weighted by atomic mass is 35.5. The van der Waals surface area contributed by atoms with Crippen LogP contribution in [0.25, 0.3) is 0 Å². The molecule has 1 aromatic carbocycles. The van der Waals surface area contributed by atoms with Crippen molar-refractivity contribution >= 4 is 29.4 Å². The summed E-state index contributed by atoms with van der Waals surface area (Å²) >= 11 is 6.07. The molecular weight excluding hydrogens is 567 g/mol. The minimum atomic E-state index is -5.08. The molecule has 1 aliphatic heterocycles. The number of alkyl halides is 3. The lowest BCUT2D eigenvalue weighted by Gasteiger charge is -2.45. The number of carboxylic acid groups (broad SMARTS) is 1. The first-order valence-electron chi connectivity index (χ1n) is 13.2. The van der Waals surface area contributed by atoms with Gasteiger partial charge in [-0.05, 0) is 62.8 Å². The number of hydrazine groups is 1. The molecule has 2 amide bonds. The summed E-state index contributed by atoms with van der Waals surface area (Å²) in [4.78, 5) is 35.2. The summed E-state index contributed by atoms with van der Waals surface area (Å²) in [5, 5.41) is 12.5. The van der Waals surface area contributed by atoms with Crippen LogP contribution in [0.2, 0.25) is 5.02 Å². The van der Waals surface area contributed by atoms with E-state index in [0.717, 1.165) is 37.1 Å². The predicted octanol–water partition coefficient (Wildman–Crippen LogP) is 3.52. The average molecular weight is 602 g/mol. The lowest BCUT2D eigenvalue weighted by atomic mass is 9.82. The molecule has 41 heavy (non-hydrogen) atoms. The van der Waals surface area contributed by atoms with Crippen molar-refractivity contribution in [3.8, 4) is 0 Å². The number of morpholine rings is 1. The number of nitrogens with zero attached hydrogens (tertiary/aromatic N) is 3. The van der Waals surface area contributed by atoms with Crippen molar-refractivity contribution in [1.29, 1.82) is 0 Å². The third-order valence-electron chi connectivity index (χ3n) is 7.33. The van der Waals surface area contributed by atoms with Crippen LogP contribution in [0.3, 0.4) is 0 Å². The minimum absolute atomic E-state index is 0.171. The molecule has 4 rings (SSSR count). The first-order valence-corrected chi connectivity index (χ1v) is 13.6. The van der Waals surface area contributed by atoms with Gasteiger partial charge in [-0.1, -0.05) is 23.7 Å². The highest BCUT2D eigenvalue weighted by molar-refractivity contribution is 6.30. The molecule has 14 heteroatoms. The van der Waals surface area contributed by atoms with Crippen LogP contribution in [0.1, 0.15) is 55.5 Å². The summed E-state index contributed by atoms with van der Waals surface area (Å²) in [5.74, 6) is -2.91. The number of carbonyl (C=O) groups excluding carboxylic acids is 2. The molecule has 0 spiro atoms. The third kappa shape index (κ3) is 9.44. The normalized spacial score (nSPS) is 23.2. The summed E-state index contributed by atoms with van der Waals surface area (Å²) < 4.78 is 39.6. The Morgan fingerprint density at radius 1 is 1.12 bits per heavy atom. The first kappa shape index (κ1) is 32.4. The van der Waals surface area contributed by atoms with Crippen molar-refractivity contribution in [2.24, 2.45) is 7.05 Å². The molecule has 0 radical (unpaired) electrons. The SMILES string of the molecule is CC(=O)NNC(=O)[C@H]1CN(C2CCC(c3cc(C)n(C)n3)CC2)[C@@H](Cc2ccc(Cl)cc2)CO1.O=C(O)C(F)(F)F. The Morgan fingerprint density at radius 3 is 2.24 bits per heavy atom. The summed E-state index contributed by atoms with van der Waals surface area (Å²) in [6, 6.07) is 10.7. The van der Waals surface area contributed by atoms with E-state index in [-0.39, 0.29) is 17.9 Å². The van der Waals surface area contributed by atoms with Crippen molar-refractivity contribution in [2.45, 2.75) is 76.2 Å². The summed E-state index contributed by atoms with van der Waals surface area (Å²) in [7, 11) is 1.99. The molecule has 1 aliphatic carbocycles. The Balaban J connectivity index is 0.000000587. The number of amides is 2. The summed E-state index contributed by atoms with van der Waals surface area (Å²) in [6.45, 7) is 4.41. The lowest BCUT2D eigenvalue weighted by molar-refractivity contribution is -0.192. The minimum Gasteiger partial charge on any atom is -0.475 e. The topological polar surface area (TPSA) is 126 Å². The third-order valence-corrected chi connectivity index (χ3v) is 7.59. The van der Waals surface area contributed by atoms with Gasteiger partial charge in [0.2, 0.25) is 5.91 Å². The van der Waals surface area contributed by atoms with E-state index in [1.807, 2.05) is 23.9 Å². The number of aryl methyl sites for hydroxylation is 2. The molecule has 2 fully saturated rings. The van der Waals surface area contributed by atoms with Gasteiger partial charge >= 0.3 is 12.1 Å².